The molecule has 2 rings (SSSR count). The van der Waals surface area contributed by atoms with Crippen molar-refractivity contribution in [3.05, 3.63) is 48.5 Å². The van der Waals surface area contributed by atoms with Gasteiger partial charge in [-0.3, -0.25) is 0 Å². The van der Waals surface area contributed by atoms with Gasteiger partial charge in [-0.15, -0.1) is 0 Å². The van der Waals surface area contributed by atoms with E-state index < -0.39 is 0 Å². The molecule has 1 heterocycles. The standard InChI is InChI=1S/C15H21N3/c1-2-3-4-14(11-18-10-9-17-12-18)13-5-7-15(16)8-6-13/h5-10,12,14H,2-4,11,16H2,1H3. The van der Waals surface area contributed by atoms with Gasteiger partial charge in [0.2, 0.25) is 0 Å². The number of nitrogens with zero attached hydrogens (tertiary/aromatic N) is 2. The molecule has 0 aliphatic heterocycles. The summed E-state index contributed by atoms with van der Waals surface area (Å²) in [5.74, 6) is 0.541. The van der Waals surface area contributed by atoms with E-state index in [0.29, 0.717) is 5.92 Å². The van der Waals surface area contributed by atoms with Crippen LogP contribution in [-0.4, -0.2) is 9.55 Å². The highest BCUT2D eigenvalue weighted by Crippen LogP contribution is 2.24. The number of rotatable bonds is 6. The molecular weight excluding hydrogens is 222 g/mol. The molecule has 0 aliphatic rings. The Kier molecular flexibility index (Phi) is 4.40. The number of hydrogen-bond donors (Lipinski definition) is 1. The normalized spacial score (nSPS) is 12.5. The van der Waals surface area contributed by atoms with Crippen LogP contribution in [0.25, 0.3) is 0 Å². The van der Waals surface area contributed by atoms with Gasteiger partial charge < -0.3 is 10.3 Å². The van der Waals surface area contributed by atoms with Gasteiger partial charge in [0.25, 0.3) is 0 Å². The summed E-state index contributed by atoms with van der Waals surface area (Å²) in [6.07, 6.45) is 9.43. The van der Waals surface area contributed by atoms with Crippen LogP contribution in [0, 0.1) is 0 Å². The molecule has 0 amide bonds. The lowest BCUT2D eigenvalue weighted by Crippen LogP contribution is -2.08. The van der Waals surface area contributed by atoms with E-state index >= 15 is 0 Å². The molecule has 1 atom stereocenters. The predicted octanol–water partition coefficient (Wildman–Crippen LogP) is 3.44. The number of unbranched alkanes of at least 4 members (excludes halogenated alkanes) is 1. The van der Waals surface area contributed by atoms with Crippen LogP contribution in [0.3, 0.4) is 0 Å². The van der Waals surface area contributed by atoms with Crippen molar-refractivity contribution in [1.29, 1.82) is 0 Å². The van der Waals surface area contributed by atoms with Gasteiger partial charge in [-0.1, -0.05) is 31.9 Å². The quantitative estimate of drug-likeness (QED) is 0.790. The minimum Gasteiger partial charge on any atom is -0.399 e. The van der Waals surface area contributed by atoms with E-state index in [1.54, 1.807) is 0 Å². The largest absolute Gasteiger partial charge is 0.399 e. The summed E-state index contributed by atoms with van der Waals surface area (Å²) in [6, 6.07) is 8.27. The fourth-order valence-corrected chi connectivity index (χ4v) is 2.23. The zero-order valence-corrected chi connectivity index (χ0v) is 10.9. The maximum absolute atomic E-state index is 5.75. The topological polar surface area (TPSA) is 43.8 Å². The Morgan fingerprint density at radius 3 is 2.67 bits per heavy atom. The van der Waals surface area contributed by atoms with E-state index in [1.807, 2.05) is 30.9 Å². The van der Waals surface area contributed by atoms with Crippen molar-refractivity contribution in [2.24, 2.45) is 0 Å². The third-order valence-corrected chi connectivity index (χ3v) is 3.30. The molecule has 0 spiro atoms. The van der Waals surface area contributed by atoms with Gasteiger partial charge >= 0.3 is 0 Å². The third-order valence-electron chi connectivity index (χ3n) is 3.30. The fourth-order valence-electron chi connectivity index (χ4n) is 2.23. The van der Waals surface area contributed by atoms with E-state index in [9.17, 15) is 0 Å². The first-order valence-electron chi connectivity index (χ1n) is 6.60. The molecule has 1 unspecified atom stereocenters. The van der Waals surface area contributed by atoms with E-state index in [4.69, 9.17) is 5.73 Å². The van der Waals surface area contributed by atoms with Crippen LogP contribution in [0.2, 0.25) is 0 Å². The number of hydrogen-bond acceptors (Lipinski definition) is 2. The second-order valence-corrected chi connectivity index (χ2v) is 4.77. The zero-order chi connectivity index (χ0) is 12.8. The van der Waals surface area contributed by atoms with Crippen LogP contribution in [0.1, 0.15) is 37.7 Å². The summed E-state index contributed by atoms with van der Waals surface area (Å²) in [5, 5.41) is 0. The summed E-state index contributed by atoms with van der Waals surface area (Å²) >= 11 is 0. The van der Waals surface area contributed by atoms with Gasteiger partial charge in [-0.2, -0.15) is 0 Å². The average Bonchev–Trinajstić information content (AvgIpc) is 2.88. The van der Waals surface area contributed by atoms with Crippen molar-refractivity contribution in [3.63, 3.8) is 0 Å². The Bertz CT molecular complexity index is 445. The maximum atomic E-state index is 5.75. The SMILES string of the molecule is CCCCC(Cn1ccnc1)c1ccc(N)cc1. The monoisotopic (exact) mass is 243 g/mol. The summed E-state index contributed by atoms with van der Waals surface area (Å²) in [7, 11) is 0. The van der Waals surface area contributed by atoms with Crippen molar-refractivity contribution >= 4 is 5.69 Å². The number of anilines is 1. The van der Waals surface area contributed by atoms with Crippen molar-refractivity contribution < 1.29 is 0 Å². The first-order chi connectivity index (χ1) is 8.79. The first-order valence-corrected chi connectivity index (χ1v) is 6.60. The van der Waals surface area contributed by atoms with Crippen LogP contribution in [0.15, 0.2) is 43.0 Å². The van der Waals surface area contributed by atoms with Crippen molar-refractivity contribution in [3.8, 4) is 0 Å². The van der Waals surface area contributed by atoms with Gasteiger partial charge in [0.1, 0.15) is 0 Å². The van der Waals surface area contributed by atoms with Gasteiger partial charge in [-0.25, -0.2) is 4.98 Å². The third kappa shape index (κ3) is 3.36. The first kappa shape index (κ1) is 12.7. The summed E-state index contributed by atoms with van der Waals surface area (Å²) < 4.78 is 2.15. The molecule has 18 heavy (non-hydrogen) atoms. The second-order valence-electron chi connectivity index (χ2n) is 4.77. The fraction of sp³-hybridized carbons (Fsp3) is 0.400. The van der Waals surface area contributed by atoms with E-state index in [2.05, 4.69) is 28.6 Å². The minimum atomic E-state index is 0.541. The molecule has 1 aromatic carbocycles. The molecule has 1 aromatic heterocycles. The van der Waals surface area contributed by atoms with Crippen LogP contribution in [-0.2, 0) is 6.54 Å². The van der Waals surface area contributed by atoms with Crippen molar-refractivity contribution in [2.45, 2.75) is 38.6 Å². The Morgan fingerprint density at radius 2 is 2.06 bits per heavy atom. The second kappa shape index (κ2) is 6.24. The van der Waals surface area contributed by atoms with E-state index in [0.717, 1.165) is 12.2 Å². The highest BCUT2D eigenvalue weighted by Gasteiger charge is 2.11. The van der Waals surface area contributed by atoms with Crippen molar-refractivity contribution in [2.75, 3.05) is 5.73 Å². The molecule has 3 heteroatoms. The lowest BCUT2D eigenvalue weighted by atomic mass is 9.93. The number of imidazole rings is 1. The number of nitrogens with two attached hydrogens (primary N) is 1. The summed E-state index contributed by atoms with van der Waals surface area (Å²) in [5.41, 5.74) is 7.94. The van der Waals surface area contributed by atoms with Crippen LogP contribution in [0.5, 0.6) is 0 Å². The minimum absolute atomic E-state index is 0.541. The van der Waals surface area contributed by atoms with Crippen molar-refractivity contribution in [1.82, 2.24) is 9.55 Å². The molecule has 0 bridgehead atoms. The molecule has 2 aromatic rings. The van der Waals surface area contributed by atoms with E-state index in [1.165, 1.54) is 24.8 Å². The molecule has 0 radical (unpaired) electrons. The van der Waals surface area contributed by atoms with Gasteiger partial charge in [-0.05, 0) is 24.1 Å². The highest BCUT2D eigenvalue weighted by atomic mass is 15.0. The number of aromatic nitrogens is 2. The molecule has 0 saturated carbocycles. The van der Waals surface area contributed by atoms with Gasteiger partial charge in [0.05, 0.1) is 6.33 Å². The summed E-state index contributed by atoms with van der Waals surface area (Å²) in [4.78, 5) is 4.11. The van der Waals surface area contributed by atoms with Gasteiger partial charge in [0.15, 0.2) is 0 Å². The Labute approximate surface area is 109 Å². The molecule has 0 aliphatic carbocycles. The average molecular weight is 243 g/mol. The van der Waals surface area contributed by atoms with Gasteiger partial charge in [0, 0.05) is 30.5 Å². The highest BCUT2D eigenvalue weighted by molar-refractivity contribution is 5.40. The Balaban J connectivity index is 2.11. The predicted molar refractivity (Wildman–Crippen MR) is 75.3 cm³/mol. The Morgan fingerprint density at radius 1 is 1.28 bits per heavy atom. The van der Waals surface area contributed by atoms with Crippen LogP contribution in [0.4, 0.5) is 5.69 Å². The molecule has 3 nitrogen and oxygen atoms in total. The molecule has 96 valence electrons. The molecule has 0 fully saturated rings. The lowest BCUT2D eigenvalue weighted by Gasteiger charge is -2.18. The lowest BCUT2D eigenvalue weighted by molar-refractivity contribution is 0.505. The molecular formula is C15H21N3. The zero-order valence-electron chi connectivity index (χ0n) is 10.9. The van der Waals surface area contributed by atoms with Crippen LogP contribution >= 0.6 is 0 Å². The Hall–Kier alpha value is -1.77. The molecule has 2 N–H and O–H groups in total. The number of nitrogen functional groups attached to an aromatic ring is 1. The summed E-state index contributed by atoms with van der Waals surface area (Å²) in [6.45, 7) is 3.22. The number of benzene rings is 1. The maximum Gasteiger partial charge on any atom is 0.0946 e. The molecule has 0 saturated heterocycles. The van der Waals surface area contributed by atoms with E-state index in [-0.39, 0.29) is 0 Å². The smallest absolute Gasteiger partial charge is 0.0946 e. The van der Waals surface area contributed by atoms with Crippen LogP contribution < -0.4 is 5.73 Å².